The van der Waals surface area contributed by atoms with Crippen molar-refractivity contribution in [3.63, 3.8) is 0 Å². The van der Waals surface area contributed by atoms with E-state index in [0.29, 0.717) is 11.3 Å². The maximum atomic E-state index is 12.7. The topological polar surface area (TPSA) is 55.6 Å². The number of hydrogen-bond acceptors (Lipinski definition) is 3. The molecule has 122 valence electrons. The summed E-state index contributed by atoms with van der Waals surface area (Å²) in [5, 5.41) is 0. The van der Waals surface area contributed by atoms with Crippen LogP contribution in [-0.4, -0.2) is 36.6 Å². The highest BCUT2D eigenvalue weighted by Gasteiger charge is 2.55. The van der Waals surface area contributed by atoms with E-state index in [4.69, 9.17) is 10.5 Å². The molecule has 1 fully saturated rings. The third-order valence-corrected chi connectivity index (χ3v) is 5.35. The molecule has 1 saturated carbocycles. The van der Waals surface area contributed by atoms with Crippen molar-refractivity contribution < 1.29 is 9.53 Å². The minimum Gasteiger partial charge on any atom is -0.399 e. The predicted octanol–water partition coefficient (Wildman–Crippen LogP) is 3.32. The van der Waals surface area contributed by atoms with E-state index >= 15 is 0 Å². The number of nitrogen functional groups attached to an aromatic ring is 1. The molecule has 0 aliphatic heterocycles. The van der Waals surface area contributed by atoms with E-state index in [1.807, 2.05) is 31.0 Å². The minimum absolute atomic E-state index is 0.0403. The van der Waals surface area contributed by atoms with Crippen LogP contribution < -0.4 is 5.73 Å². The number of benzene rings is 1. The average Bonchev–Trinajstić information content (AvgIpc) is 2.51. The summed E-state index contributed by atoms with van der Waals surface area (Å²) >= 11 is 0. The van der Waals surface area contributed by atoms with Gasteiger partial charge in [0, 0.05) is 36.4 Å². The molecule has 2 N–H and O–H groups in total. The van der Waals surface area contributed by atoms with Gasteiger partial charge in [-0.1, -0.05) is 19.9 Å². The van der Waals surface area contributed by atoms with Crippen LogP contribution in [0.4, 0.5) is 5.69 Å². The number of hydrogen-bond donors (Lipinski definition) is 1. The minimum atomic E-state index is 0.0403. The van der Waals surface area contributed by atoms with Crippen molar-refractivity contribution in [2.75, 3.05) is 19.4 Å². The van der Waals surface area contributed by atoms with E-state index in [0.717, 1.165) is 25.9 Å². The molecule has 0 spiro atoms. The predicted molar refractivity (Wildman–Crippen MR) is 89.8 cm³/mol. The van der Waals surface area contributed by atoms with Crippen molar-refractivity contribution in [2.45, 2.75) is 52.2 Å². The van der Waals surface area contributed by atoms with Crippen LogP contribution in [0.25, 0.3) is 0 Å². The van der Waals surface area contributed by atoms with Gasteiger partial charge in [-0.3, -0.25) is 4.79 Å². The van der Waals surface area contributed by atoms with Gasteiger partial charge in [0.25, 0.3) is 5.91 Å². The fourth-order valence-electron chi connectivity index (χ4n) is 3.90. The summed E-state index contributed by atoms with van der Waals surface area (Å²) < 4.78 is 5.90. The molecule has 4 nitrogen and oxygen atoms in total. The smallest absolute Gasteiger partial charge is 0.253 e. The Morgan fingerprint density at radius 2 is 2.05 bits per heavy atom. The number of carbonyl (C=O) groups excluding carboxylic acids is 1. The SMILES string of the molecule is CCOC1CC(N(C)C(=O)c2cccc(N)c2)C1(CC)CC. The third-order valence-electron chi connectivity index (χ3n) is 5.35. The van der Waals surface area contributed by atoms with E-state index in [1.165, 1.54) is 0 Å². The van der Waals surface area contributed by atoms with Crippen molar-refractivity contribution >= 4 is 11.6 Å². The Balaban J connectivity index is 2.18. The Morgan fingerprint density at radius 1 is 1.36 bits per heavy atom. The molecule has 0 heterocycles. The highest BCUT2D eigenvalue weighted by Crippen LogP contribution is 2.51. The van der Waals surface area contributed by atoms with E-state index in [9.17, 15) is 4.79 Å². The Hall–Kier alpha value is -1.55. The second-order valence-corrected chi connectivity index (χ2v) is 6.18. The molecule has 0 radical (unpaired) electrons. The molecule has 0 saturated heterocycles. The van der Waals surface area contributed by atoms with Crippen LogP contribution in [0.5, 0.6) is 0 Å². The standard InChI is InChI=1S/C18H28N2O2/c1-5-18(6-2)15(12-16(18)22-7-3)20(4)17(21)13-9-8-10-14(19)11-13/h8-11,15-16H,5-7,12,19H2,1-4H3. The molecule has 22 heavy (non-hydrogen) atoms. The molecule has 0 bridgehead atoms. The van der Waals surface area contributed by atoms with Gasteiger partial charge in [0.2, 0.25) is 0 Å². The molecule has 1 aromatic rings. The summed E-state index contributed by atoms with van der Waals surface area (Å²) in [6.45, 7) is 7.15. The largest absolute Gasteiger partial charge is 0.399 e. The van der Waals surface area contributed by atoms with Gasteiger partial charge >= 0.3 is 0 Å². The molecule has 2 atom stereocenters. The number of ether oxygens (including phenoxy) is 1. The zero-order valence-corrected chi connectivity index (χ0v) is 14.1. The normalized spacial score (nSPS) is 22.9. The van der Waals surface area contributed by atoms with E-state index < -0.39 is 0 Å². The Morgan fingerprint density at radius 3 is 2.59 bits per heavy atom. The lowest BCUT2D eigenvalue weighted by Crippen LogP contribution is -2.64. The Bertz CT molecular complexity index is 526. The molecular weight excluding hydrogens is 276 g/mol. The third kappa shape index (κ3) is 2.72. The molecule has 1 aliphatic carbocycles. The number of nitrogens with zero attached hydrogens (tertiary/aromatic N) is 1. The molecule has 2 unspecified atom stereocenters. The maximum absolute atomic E-state index is 12.7. The molecule has 4 heteroatoms. The Kier molecular flexibility index (Phi) is 5.12. The fourth-order valence-corrected chi connectivity index (χ4v) is 3.90. The van der Waals surface area contributed by atoms with Crippen molar-refractivity contribution in [3.05, 3.63) is 29.8 Å². The van der Waals surface area contributed by atoms with Crippen LogP contribution in [0.15, 0.2) is 24.3 Å². The summed E-state index contributed by atoms with van der Waals surface area (Å²) in [6.07, 6.45) is 3.22. The first-order valence-electron chi connectivity index (χ1n) is 8.24. The van der Waals surface area contributed by atoms with Crippen LogP contribution in [-0.2, 0) is 4.74 Å². The Labute approximate surface area is 133 Å². The van der Waals surface area contributed by atoms with Crippen LogP contribution in [0.2, 0.25) is 0 Å². The highest BCUT2D eigenvalue weighted by molar-refractivity contribution is 5.95. The molecule has 1 amide bonds. The zero-order chi connectivity index (χ0) is 16.3. The lowest BCUT2D eigenvalue weighted by Gasteiger charge is -2.58. The number of nitrogens with two attached hydrogens (primary N) is 1. The van der Waals surface area contributed by atoms with Crippen LogP contribution >= 0.6 is 0 Å². The van der Waals surface area contributed by atoms with Gasteiger partial charge in [-0.25, -0.2) is 0 Å². The second-order valence-electron chi connectivity index (χ2n) is 6.18. The van der Waals surface area contributed by atoms with Crippen molar-refractivity contribution in [2.24, 2.45) is 5.41 Å². The number of carbonyl (C=O) groups is 1. The van der Waals surface area contributed by atoms with Crippen LogP contribution in [0, 0.1) is 5.41 Å². The van der Waals surface area contributed by atoms with Crippen molar-refractivity contribution in [3.8, 4) is 0 Å². The lowest BCUT2D eigenvalue weighted by atomic mass is 9.58. The summed E-state index contributed by atoms with van der Waals surface area (Å²) in [4.78, 5) is 14.6. The van der Waals surface area contributed by atoms with Gasteiger partial charge < -0.3 is 15.4 Å². The number of anilines is 1. The first kappa shape index (κ1) is 16.8. The number of rotatable bonds is 6. The quantitative estimate of drug-likeness (QED) is 0.820. The van der Waals surface area contributed by atoms with Crippen LogP contribution in [0.3, 0.4) is 0 Å². The second kappa shape index (κ2) is 6.69. The molecule has 1 aliphatic rings. The van der Waals surface area contributed by atoms with E-state index in [1.54, 1.807) is 12.1 Å². The monoisotopic (exact) mass is 304 g/mol. The van der Waals surface area contributed by atoms with Gasteiger partial charge in [0.1, 0.15) is 0 Å². The first-order valence-corrected chi connectivity index (χ1v) is 8.24. The molecular formula is C18H28N2O2. The van der Waals surface area contributed by atoms with Gasteiger partial charge in [0.15, 0.2) is 0 Å². The average molecular weight is 304 g/mol. The van der Waals surface area contributed by atoms with Gasteiger partial charge in [-0.15, -0.1) is 0 Å². The summed E-state index contributed by atoms with van der Waals surface area (Å²) in [6, 6.07) is 7.43. The van der Waals surface area contributed by atoms with Crippen molar-refractivity contribution in [1.29, 1.82) is 0 Å². The maximum Gasteiger partial charge on any atom is 0.253 e. The first-order chi connectivity index (χ1) is 10.5. The molecule has 1 aromatic carbocycles. The van der Waals surface area contributed by atoms with E-state index in [-0.39, 0.29) is 23.5 Å². The van der Waals surface area contributed by atoms with E-state index in [2.05, 4.69) is 13.8 Å². The summed E-state index contributed by atoms with van der Waals surface area (Å²) in [5.41, 5.74) is 7.14. The van der Waals surface area contributed by atoms with Gasteiger partial charge in [-0.2, -0.15) is 0 Å². The summed E-state index contributed by atoms with van der Waals surface area (Å²) in [5.74, 6) is 0.0403. The van der Waals surface area contributed by atoms with Gasteiger partial charge in [0.05, 0.1) is 6.10 Å². The number of amides is 1. The molecule has 0 aromatic heterocycles. The summed E-state index contributed by atoms with van der Waals surface area (Å²) in [7, 11) is 1.90. The van der Waals surface area contributed by atoms with Crippen LogP contribution in [0.1, 0.15) is 50.4 Å². The zero-order valence-electron chi connectivity index (χ0n) is 14.1. The lowest BCUT2D eigenvalue weighted by molar-refractivity contribution is -0.159. The fraction of sp³-hybridized carbons (Fsp3) is 0.611. The highest BCUT2D eigenvalue weighted by atomic mass is 16.5. The van der Waals surface area contributed by atoms with Gasteiger partial charge in [-0.05, 0) is 44.4 Å². The molecule has 2 rings (SSSR count). The van der Waals surface area contributed by atoms with Crippen molar-refractivity contribution in [1.82, 2.24) is 4.90 Å².